The molecule has 76 valence electrons. The molecule has 0 aliphatic carbocycles. The highest BCUT2D eigenvalue weighted by molar-refractivity contribution is 5.79. The normalized spacial score (nSPS) is 9.86. The van der Waals surface area contributed by atoms with E-state index in [-0.39, 0.29) is 5.56 Å². The van der Waals surface area contributed by atoms with Crippen molar-refractivity contribution in [2.24, 2.45) is 0 Å². The number of carbonyl (C=O) groups excluding carboxylic acids is 1. The van der Waals surface area contributed by atoms with Crippen LogP contribution in [-0.4, -0.2) is 12.9 Å². The van der Waals surface area contributed by atoms with Crippen molar-refractivity contribution < 1.29 is 13.9 Å². The summed E-state index contributed by atoms with van der Waals surface area (Å²) in [5, 5.41) is 0. The summed E-state index contributed by atoms with van der Waals surface area (Å²) < 4.78 is 18.3. The van der Waals surface area contributed by atoms with E-state index in [1.54, 1.807) is 6.07 Å². The van der Waals surface area contributed by atoms with Crippen LogP contribution < -0.4 is 4.74 Å². The van der Waals surface area contributed by atoms with Crippen LogP contribution in [-0.2, 0) is 0 Å². The third-order valence-corrected chi connectivity index (χ3v) is 1.89. The van der Waals surface area contributed by atoms with E-state index in [1.807, 2.05) is 6.92 Å². The van der Waals surface area contributed by atoms with E-state index in [0.29, 0.717) is 18.6 Å². The maximum absolute atomic E-state index is 13.0. The van der Waals surface area contributed by atoms with Gasteiger partial charge < -0.3 is 4.74 Å². The second-order valence-corrected chi connectivity index (χ2v) is 2.97. The summed E-state index contributed by atoms with van der Waals surface area (Å²) in [5.41, 5.74) is 0.00334. The highest BCUT2D eigenvalue weighted by Crippen LogP contribution is 2.19. The molecule has 1 aromatic carbocycles. The van der Waals surface area contributed by atoms with Gasteiger partial charge in [-0.3, -0.25) is 4.79 Å². The van der Waals surface area contributed by atoms with E-state index in [4.69, 9.17) is 4.74 Å². The SMILES string of the molecule is CCCCOc1cccc(F)c1C=O. The Labute approximate surface area is 82.7 Å². The average Bonchev–Trinajstić information content (AvgIpc) is 2.18. The molecular weight excluding hydrogens is 183 g/mol. The maximum Gasteiger partial charge on any atom is 0.156 e. The molecule has 0 aliphatic rings. The molecule has 0 bridgehead atoms. The van der Waals surface area contributed by atoms with Crippen LogP contribution >= 0.6 is 0 Å². The van der Waals surface area contributed by atoms with Gasteiger partial charge in [0.15, 0.2) is 6.29 Å². The van der Waals surface area contributed by atoms with Gasteiger partial charge in [0, 0.05) is 0 Å². The van der Waals surface area contributed by atoms with Crippen LogP contribution in [0.15, 0.2) is 18.2 Å². The topological polar surface area (TPSA) is 26.3 Å². The van der Waals surface area contributed by atoms with Crippen molar-refractivity contribution in [2.45, 2.75) is 19.8 Å². The summed E-state index contributed by atoms with van der Waals surface area (Å²) in [6.45, 7) is 2.55. The number of halogens is 1. The van der Waals surface area contributed by atoms with Gasteiger partial charge in [-0.2, -0.15) is 0 Å². The molecule has 0 aliphatic heterocycles. The fraction of sp³-hybridized carbons (Fsp3) is 0.364. The number of hydrogen-bond donors (Lipinski definition) is 0. The van der Waals surface area contributed by atoms with Crippen LogP contribution in [0.1, 0.15) is 30.1 Å². The highest BCUT2D eigenvalue weighted by Gasteiger charge is 2.07. The summed E-state index contributed by atoms with van der Waals surface area (Å²) in [4.78, 5) is 10.6. The van der Waals surface area contributed by atoms with Crippen LogP contribution in [0, 0.1) is 5.82 Å². The van der Waals surface area contributed by atoms with Crippen molar-refractivity contribution in [3.05, 3.63) is 29.6 Å². The number of unbranched alkanes of at least 4 members (excludes halogenated alkanes) is 1. The molecule has 14 heavy (non-hydrogen) atoms. The van der Waals surface area contributed by atoms with Crippen molar-refractivity contribution in [3.63, 3.8) is 0 Å². The summed E-state index contributed by atoms with van der Waals surface area (Å²) in [6.07, 6.45) is 2.39. The molecule has 0 radical (unpaired) electrons. The molecular formula is C11H13FO2. The Hall–Kier alpha value is -1.38. The number of rotatable bonds is 5. The Morgan fingerprint density at radius 3 is 2.93 bits per heavy atom. The standard InChI is InChI=1S/C11H13FO2/c1-2-3-7-14-11-6-4-5-10(12)9(11)8-13/h4-6,8H,2-3,7H2,1H3. The predicted molar refractivity (Wildman–Crippen MR) is 52.2 cm³/mol. The Kier molecular flexibility index (Phi) is 4.11. The third kappa shape index (κ3) is 2.55. The Bertz CT molecular complexity index is 310. The van der Waals surface area contributed by atoms with Crippen LogP contribution in [0.3, 0.4) is 0 Å². The van der Waals surface area contributed by atoms with Crippen molar-refractivity contribution in [2.75, 3.05) is 6.61 Å². The minimum atomic E-state index is -0.533. The molecule has 0 amide bonds. The van der Waals surface area contributed by atoms with Gasteiger partial charge >= 0.3 is 0 Å². The molecule has 0 saturated heterocycles. The first-order valence-electron chi connectivity index (χ1n) is 4.66. The van der Waals surface area contributed by atoms with Crippen molar-refractivity contribution in [1.82, 2.24) is 0 Å². The van der Waals surface area contributed by atoms with Gasteiger partial charge in [0.2, 0.25) is 0 Å². The Morgan fingerprint density at radius 2 is 2.29 bits per heavy atom. The number of ether oxygens (including phenoxy) is 1. The quantitative estimate of drug-likeness (QED) is 0.534. The van der Waals surface area contributed by atoms with E-state index in [2.05, 4.69) is 0 Å². The molecule has 0 N–H and O–H groups in total. The van der Waals surface area contributed by atoms with Gasteiger partial charge in [0.05, 0.1) is 12.2 Å². The minimum absolute atomic E-state index is 0.00334. The number of benzene rings is 1. The first-order chi connectivity index (χ1) is 6.79. The molecule has 0 heterocycles. The zero-order valence-corrected chi connectivity index (χ0v) is 8.13. The monoisotopic (exact) mass is 196 g/mol. The molecule has 1 aromatic rings. The lowest BCUT2D eigenvalue weighted by atomic mass is 10.2. The third-order valence-electron chi connectivity index (χ3n) is 1.89. The molecule has 3 heteroatoms. The van der Waals surface area contributed by atoms with Crippen LogP contribution in [0.4, 0.5) is 4.39 Å². The minimum Gasteiger partial charge on any atom is -0.493 e. The highest BCUT2D eigenvalue weighted by atomic mass is 19.1. The fourth-order valence-electron chi connectivity index (χ4n) is 1.08. The van der Waals surface area contributed by atoms with E-state index in [1.165, 1.54) is 12.1 Å². The van der Waals surface area contributed by atoms with E-state index >= 15 is 0 Å². The van der Waals surface area contributed by atoms with Crippen molar-refractivity contribution in [1.29, 1.82) is 0 Å². The second kappa shape index (κ2) is 5.37. The maximum atomic E-state index is 13.0. The smallest absolute Gasteiger partial charge is 0.156 e. The largest absolute Gasteiger partial charge is 0.493 e. The summed E-state index contributed by atoms with van der Waals surface area (Å²) >= 11 is 0. The van der Waals surface area contributed by atoms with Crippen molar-refractivity contribution >= 4 is 6.29 Å². The molecule has 0 saturated carbocycles. The Morgan fingerprint density at radius 1 is 1.50 bits per heavy atom. The summed E-state index contributed by atoms with van der Waals surface area (Å²) in [7, 11) is 0. The fourth-order valence-corrected chi connectivity index (χ4v) is 1.08. The first-order valence-corrected chi connectivity index (χ1v) is 4.66. The zero-order valence-electron chi connectivity index (χ0n) is 8.13. The number of hydrogen-bond acceptors (Lipinski definition) is 2. The molecule has 0 atom stereocenters. The van der Waals surface area contributed by atoms with Crippen molar-refractivity contribution in [3.8, 4) is 5.75 Å². The first kappa shape index (κ1) is 10.7. The van der Waals surface area contributed by atoms with Gasteiger partial charge in [0.1, 0.15) is 11.6 Å². The van der Waals surface area contributed by atoms with Gasteiger partial charge in [-0.05, 0) is 18.6 Å². The van der Waals surface area contributed by atoms with Crippen LogP contribution in [0.5, 0.6) is 5.75 Å². The number of carbonyl (C=O) groups is 1. The zero-order chi connectivity index (χ0) is 10.4. The van der Waals surface area contributed by atoms with Gasteiger partial charge in [0.25, 0.3) is 0 Å². The van der Waals surface area contributed by atoms with E-state index < -0.39 is 5.82 Å². The van der Waals surface area contributed by atoms with E-state index in [0.717, 1.165) is 12.8 Å². The summed E-state index contributed by atoms with van der Waals surface area (Å²) in [6, 6.07) is 4.38. The van der Waals surface area contributed by atoms with E-state index in [9.17, 15) is 9.18 Å². The van der Waals surface area contributed by atoms with Crippen LogP contribution in [0.25, 0.3) is 0 Å². The van der Waals surface area contributed by atoms with Crippen LogP contribution in [0.2, 0.25) is 0 Å². The van der Waals surface area contributed by atoms with Gasteiger partial charge in [-0.25, -0.2) is 4.39 Å². The average molecular weight is 196 g/mol. The summed E-state index contributed by atoms with van der Waals surface area (Å²) in [5.74, 6) is -0.206. The number of aldehydes is 1. The van der Waals surface area contributed by atoms with Gasteiger partial charge in [-0.15, -0.1) is 0 Å². The molecule has 0 spiro atoms. The lowest BCUT2D eigenvalue weighted by Gasteiger charge is -2.07. The molecule has 2 nitrogen and oxygen atoms in total. The lowest BCUT2D eigenvalue weighted by Crippen LogP contribution is -2.00. The Balaban J connectivity index is 2.75. The molecule has 0 unspecified atom stereocenters. The lowest BCUT2D eigenvalue weighted by molar-refractivity contribution is 0.111. The second-order valence-electron chi connectivity index (χ2n) is 2.97. The van der Waals surface area contributed by atoms with Gasteiger partial charge in [-0.1, -0.05) is 19.4 Å². The molecule has 0 fully saturated rings. The molecule has 1 rings (SSSR count). The molecule has 0 aromatic heterocycles. The predicted octanol–water partition coefficient (Wildman–Crippen LogP) is 2.82.